The molecule has 0 aliphatic carbocycles. The molecule has 0 aliphatic heterocycles. The molecule has 0 fully saturated rings. The van der Waals surface area contributed by atoms with Crippen LogP contribution in [0.4, 0.5) is 0 Å². The van der Waals surface area contributed by atoms with E-state index in [1.54, 1.807) is 36.4 Å². The van der Waals surface area contributed by atoms with Gasteiger partial charge in [-0.25, -0.2) is 8.42 Å². The lowest BCUT2D eigenvalue weighted by Gasteiger charge is -2.20. The zero-order valence-corrected chi connectivity index (χ0v) is 15.1. The van der Waals surface area contributed by atoms with Crippen LogP contribution in [-0.4, -0.2) is 12.7 Å². The molecule has 0 atom stereocenters. The second-order valence-electron chi connectivity index (χ2n) is 6.16. The van der Waals surface area contributed by atoms with Crippen molar-refractivity contribution in [3.05, 3.63) is 78.1 Å². The van der Waals surface area contributed by atoms with Crippen LogP contribution in [0.1, 0.15) is 36.8 Å². The molecule has 0 saturated heterocycles. The Kier molecular flexibility index (Phi) is 5.11. The predicted octanol–water partition coefficient (Wildman–Crippen LogP) is 4.39. The third-order valence-corrected chi connectivity index (χ3v) is 5.82. The number of furan rings is 2. The first-order chi connectivity index (χ1) is 12.0. The van der Waals surface area contributed by atoms with Crippen LogP contribution in [0, 0.1) is 0 Å². The first-order valence-corrected chi connectivity index (χ1v) is 9.55. The molecule has 0 N–H and O–H groups in total. The van der Waals surface area contributed by atoms with Gasteiger partial charge in [0.05, 0.1) is 30.5 Å². The van der Waals surface area contributed by atoms with E-state index in [4.69, 9.17) is 8.83 Å². The van der Waals surface area contributed by atoms with E-state index in [0.29, 0.717) is 17.4 Å². The van der Waals surface area contributed by atoms with Crippen molar-refractivity contribution in [1.82, 2.24) is 4.31 Å². The maximum atomic E-state index is 13.1. The number of rotatable bonds is 7. The smallest absolute Gasteiger partial charge is 0.243 e. The van der Waals surface area contributed by atoms with Crippen molar-refractivity contribution in [3.8, 4) is 0 Å². The Bertz CT molecular complexity index is 843. The first-order valence-electron chi connectivity index (χ1n) is 8.11. The van der Waals surface area contributed by atoms with E-state index in [0.717, 1.165) is 5.56 Å². The summed E-state index contributed by atoms with van der Waals surface area (Å²) in [5.41, 5.74) is 1.10. The summed E-state index contributed by atoms with van der Waals surface area (Å²) in [4.78, 5) is 0.259. The molecule has 132 valence electrons. The molecule has 5 nitrogen and oxygen atoms in total. The number of nitrogens with zero attached hydrogens (tertiary/aromatic N) is 1. The molecular formula is C19H21NO4S. The average molecular weight is 359 g/mol. The molecule has 0 unspecified atom stereocenters. The minimum absolute atomic E-state index is 0.141. The largest absolute Gasteiger partial charge is 0.468 e. The molecule has 1 aromatic carbocycles. The summed E-state index contributed by atoms with van der Waals surface area (Å²) in [5, 5.41) is 0. The average Bonchev–Trinajstić information content (AvgIpc) is 3.28. The lowest BCUT2D eigenvalue weighted by Crippen LogP contribution is -2.30. The summed E-state index contributed by atoms with van der Waals surface area (Å²) in [5.74, 6) is 1.50. The molecule has 0 aliphatic rings. The fourth-order valence-electron chi connectivity index (χ4n) is 2.55. The van der Waals surface area contributed by atoms with Crippen molar-refractivity contribution < 1.29 is 17.3 Å². The molecule has 3 rings (SSSR count). The second-order valence-corrected chi connectivity index (χ2v) is 8.09. The molecule has 0 bridgehead atoms. The second kappa shape index (κ2) is 7.29. The van der Waals surface area contributed by atoms with Crippen molar-refractivity contribution in [3.63, 3.8) is 0 Å². The first kappa shape index (κ1) is 17.5. The van der Waals surface area contributed by atoms with Crippen LogP contribution in [0.3, 0.4) is 0 Å². The fraction of sp³-hybridized carbons (Fsp3) is 0.263. The van der Waals surface area contributed by atoms with Crippen molar-refractivity contribution in [2.75, 3.05) is 0 Å². The van der Waals surface area contributed by atoms with Crippen molar-refractivity contribution in [2.24, 2.45) is 0 Å². The van der Waals surface area contributed by atoms with Crippen molar-refractivity contribution in [1.29, 1.82) is 0 Å². The van der Waals surface area contributed by atoms with Gasteiger partial charge in [0, 0.05) is 0 Å². The van der Waals surface area contributed by atoms with Crippen LogP contribution >= 0.6 is 0 Å². The number of benzene rings is 1. The van der Waals surface area contributed by atoms with E-state index in [1.165, 1.54) is 16.8 Å². The van der Waals surface area contributed by atoms with Crippen molar-refractivity contribution >= 4 is 10.0 Å². The van der Waals surface area contributed by atoms with Crippen LogP contribution in [0.25, 0.3) is 0 Å². The highest BCUT2D eigenvalue weighted by Gasteiger charge is 2.26. The molecule has 2 aromatic heterocycles. The van der Waals surface area contributed by atoms with Gasteiger partial charge >= 0.3 is 0 Å². The Hall–Kier alpha value is -2.31. The lowest BCUT2D eigenvalue weighted by molar-refractivity contribution is 0.330. The maximum Gasteiger partial charge on any atom is 0.243 e. The minimum Gasteiger partial charge on any atom is -0.468 e. The van der Waals surface area contributed by atoms with Crippen LogP contribution < -0.4 is 0 Å². The van der Waals surface area contributed by atoms with Crippen LogP contribution in [0.2, 0.25) is 0 Å². The lowest BCUT2D eigenvalue weighted by atomic mass is 10.0. The molecule has 0 saturated carbocycles. The zero-order chi connectivity index (χ0) is 17.9. The fourth-order valence-corrected chi connectivity index (χ4v) is 3.92. The van der Waals surface area contributed by atoms with Gasteiger partial charge in [0.25, 0.3) is 0 Å². The molecular weight excluding hydrogens is 338 g/mol. The number of hydrogen-bond donors (Lipinski definition) is 0. The highest BCUT2D eigenvalue weighted by Crippen LogP contribution is 2.23. The van der Waals surface area contributed by atoms with Gasteiger partial charge in [-0.15, -0.1) is 0 Å². The van der Waals surface area contributed by atoms with E-state index in [2.05, 4.69) is 13.8 Å². The summed E-state index contributed by atoms with van der Waals surface area (Å²) in [6, 6.07) is 14.0. The van der Waals surface area contributed by atoms with Crippen molar-refractivity contribution in [2.45, 2.75) is 37.8 Å². The summed E-state index contributed by atoms with van der Waals surface area (Å²) in [6.45, 7) is 4.43. The van der Waals surface area contributed by atoms with Gasteiger partial charge in [0.1, 0.15) is 11.5 Å². The van der Waals surface area contributed by atoms with E-state index < -0.39 is 10.0 Å². The summed E-state index contributed by atoms with van der Waals surface area (Å²) >= 11 is 0. The van der Waals surface area contributed by atoms with Gasteiger partial charge in [-0.05, 0) is 47.9 Å². The quantitative estimate of drug-likeness (QED) is 0.628. The molecule has 2 heterocycles. The van der Waals surface area contributed by atoms with Gasteiger partial charge in [-0.3, -0.25) is 0 Å². The highest BCUT2D eigenvalue weighted by molar-refractivity contribution is 7.89. The monoisotopic (exact) mass is 359 g/mol. The van der Waals surface area contributed by atoms with Crippen LogP contribution in [0.5, 0.6) is 0 Å². The summed E-state index contributed by atoms with van der Waals surface area (Å²) in [6.07, 6.45) is 3.06. The Morgan fingerprint density at radius 2 is 1.40 bits per heavy atom. The number of hydrogen-bond acceptors (Lipinski definition) is 4. The van der Waals surface area contributed by atoms with Crippen LogP contribution in [0.15, 0.2) is 74.8 Å². The van der Waals surface area contributed by atoms with Crippen LogP contribution in [-0.2, 0) is 23.1 Å². The normalized spacial score (nSPS) is 12.2. The maximum absolute atomic E-state index is 13.1. The van der Waals surface area contributed by atoms with Gasteiger partial charge in [-0.1, -0.05) is 26.0 Å². The summed E-state index contributed by atoms with van der Waals surface area (Å²) < 4.78 is 38.2. The highest BCUT2D eigenvalue weighted by atomic mass is 32.2. The molecule has 6 heteroatoms. The van der Waals surface area contributed by atoms with Gasteiger partial charge in [-0.2, -0.15) is 4.31 Å². The van der Waals surface area contributed by atoms with E-state index in [-0.39, 0.29) is 18.0 Å². The van der Waals surface area contributed by atoms with Gasteiger partial charge in [0.15, 0.2) is 0 Å². The van der Waals surface area contributed by atoms with Gasteiger partial charge < -0.3 is 8.83 Å². The van der Waals surface area contributed by atoms with E-state index in [1.807, 2.05) is 12.1 Å². The molecule has 0 amide bonds. The van der Waals surface area contributed by atoms with E-state index >= 15 is 0 Å². The molecule has 0 spiro atoms. The standard InChI is InChI=1S/C19H21NO4S/c1-15(2)16-7-9-19(10-8-16)25(21,22)20(13-17-5-3-11-23-17)14-18-6-4-12-24-18/h3-12,15H,13-14H2,1-2H3. The third-order valence-electron chi connectivity index (χ3n) is 4.01. The molecule has 25 heavy (non-hydrogen) atoms. The molecule has 0 radical (unpaired) electrons. The van der Waals surface area contributed by atoms with Gasteiger partial charge in [0.2, 0.25) is 10.0 Å². The Morgan fingerprint density at radius 3 is 1.80 bits per heavy atom. The minimum atomic E-state index is -3.68. The molecule has 3 aromatic rings. The third kappa shape index (κ3) is 4.03. The Balaban J connectivity index is 1.92. The predicted molar refractivity (Wildman–Crippen MR) is 94.4 cm³/mol. The summed E-state index contributed by atoms with van der Waals surface area (Å²) in [7, 11) is -3.68. The Morgan fingerprint density at radius 1 is 0.880 bits per heavy atom. The number of sulfonamides is 1. The van der Waals surface area contributed by atoms with E-state index in [9.17, 15) is 8.42 Å². The topological polar surface area (TPSA) is 63.7 Å². The SMILES string of the molecule is CC(C)c1ccc(S(=O)(=O)N(Cc2ccco2)Cc2ccco2)cc1. The Labute approximate surface area is 147 Å². The zero-order valence-electron chi connectivity index (χ0n) is 14.3.